The van der Waals surface area contributed by atoms with E-state index < -0.39 is 0 Å². The van der Waals surface area contributed by atoms with Crippen LogP contribution in [0.2, 0.25) is 0 Å². The molecule has 0 spiro atoms. The number of likely N-dealkylation sites (N-methyl/N-ethyl adjacent to an activating group) is 1. The Kier molecular flexibility index (Phi) is 5.19. The Bertz CT molecular complexity index is 620. The van der Waals surface area contributed by atoms with Crippen LogP contribution in [0.15, 0.2) is 47.1 Å². The molecular weight excluding hydrogens is 284 g/mol. The molecule has 0 aliphatic carbocycles. The number of carbonyl (C=O) groups excluding carboxylic acids is 2. The second kappa shape index (κ2) is 7.31. The van der Waals surface area contributed by atoms with Crippen LogP contribution < -0.4 is 10.1 Å². The van der Waals surface area contributed by atoms with E-state index in [2.05, 4.69) is 5.32 Å². The van der Waals surface area contributed by atoms with Crippen molar-refractivity contribution in [3.63, 3.8) is 0 Å². The molecule has 0 radical (unpaired) electrons. The average Bonchev–Trinajstić information content (AvgIpc) is 3.05. The molecular formula is C16H18N2O4. The van der Waals surface area contributed by atoms with Crippen molar-refractivity contribution in [1.82, 2.24) is 10.2 Å². The lowest BCUT2D eigenvalue weighted by molar-refractivity contribution is -0.121. The van der Waals surface area contributed by atoms with Crippen LogP contribution in [0.4, 0.5) is 0 Å². The maximum absolute atomic E-state index is 12.2. The van der Waals surface area contributed by atoms with E-state index in [0.29, 0.717) is 23.6 Å². The molecule has 1 aromatic heterocycles. The molecule has 0 saturated heterocycles. The Morgan fingerprint density at radius 1 is 1.23 bits per heavy atom. The van der Waals surface area contributed by atoms with Gasteiger partial charge in [-0.2, -0.15) is 0 Å². The first-order valence-corrected chi connectivity index (χ1v) is 6.78. The zero-order valence-corrected chi connectivity index (χ0v) is 12.5. The van der Waals surface area contributed by atoms with Crippen molar-refractivity contribution in [2.75, 3.05) is 20.7 Å². The van der Waals surface area contributed by atoms with E-state index in [4.69, 9.17) is 9.15 Å². The molecule has 0 fully saturated rings. The number of rotatable bonds is 6. The van der Waals surface area contributed by atoms with Gasteiger partial charge < -0.3 is 19.4 Å². The first-order valence-electron chi connectivity index (χ1n) is 6.78. The minimum Gasteiger partial charge on any atom is -0.497 e. The number of carbonyl (C=O) groups is 2. The first-order chi connectivity index (χ1) is 10.6. The summed E-state index contributed by atoms with van der Waals surface area (Å²) in [7, 11) is 3.14. The highest BCUT2D eigenvalue weighted by atomic mass is 16.5. The summed E-state index contributed by atoms with van der Waals surface area (Å²) in [6.07, 6.45) is 1.54. The molecule has 0 saturated carbocycles. The Morgan fingerprint density at radius 2 is 1.95 bits per heavy atom. The molecule has 6 nitrogen and oxygen atoms in total. The molecule has 1 heterocycles. The Morgan fingerprint density at radius 3 is 2.55 bits per heavy atom. The molecule has 2 amide bonds. The largest absolute Gasteiger partial charge is 0.497 e. The highest BCUT2D eigenvalue weighted by Crippen LogP contribution is 2.12. The van der Waals surface area contributed by atoms with Crippen LogP contribution in [0.3, 0.4) is 0 Å². The van der Waals surface area contributed by atoms with Gasteiger partial charge in [0.15, 0.2) is 0 Å². The van der Waals surface area contributed by atoms with E-state index in [1.807, 2.05) is 0 Å². The van der Waals surface area contributed by atoms with Gasteiger partial charge in [0, 0.05) is 12.6 Å². The number of benzene rings is 1. The number of amides is 2. The normalized spacial score (nSPS) is 10.1. The van der Waals surface area contributed by atoms with Crippen molar-refractivity contribution in [2.45, 2.75) is 6.54 Å². The predicted octanol–water partition coefficient (Wildman–Crippen LogP) is 1.68. The molecule has 22 heavy (non-hydrogen) atoms. The van der Waals surface area contributed by atoms with Crippen molar-refractivity contribution in [2.24, 2.45) is 0 Å². The van der Waals surface area contributed by atoms with Crippen molar-refractivity contribution >= 4 is 11.8 Å². The lowest BCUT2D eigenvalue weighted by atomic mass is 10.2. The minimum atomic E-state index is -0.249. The summed E-state index contributed by atoms with van der Waals surface area (Å²) in [6, 6.07) is 10.3. The third-order valence-electron chi connectivity index (χ3n) is 3.10. The fraction of sp³-hybridized carbons (Fsp3) is 0.250. The number of nitrogens with zero attached hydrogens (tertiary/aromatic N) is 1. The van der Waals surface area contributed by atoms with E-state index in [9.17, 15) is 9.59 Å². The predicted molar refractivity (Wildman–Crippen MR) is 80.5 cm³/mol. The van der Waals surface area contributed by atoms with Gasteiger partial charge in [0.25, 0.3) is 5.91 Å². The smallest absolute Gasteiger partial charge is 0.254 e. The minimum absolute atomic E-state index is 0.0223. The lowest BCUT2D eigenvalue weighted by Gasteiger charge is -2.16. The third kappa shape index (κ3) is 4.12. The van der Waals surface area contributed by atoms with Crippen LogP contribution in [0, 0.1) is 0 Å². The van der Waals surface area contributed by atoms with Crippen molar-refractivity contribution in [1.29, 1.82) is 0 Å². The standard InChI is InChI=1S/C16H18N2O4/c1-18(11-15(19)17-10-14-4-3-9-22-14)16(20)12-5-7-13(21-2)8-6-12/h3-9H,10-11H2,1-2H3,(H,17,19). The van der Waals surface area contributed by atoms with Gasteiger partial charge in [0.2, 0.25) is 5.91 Å². The maximum atomic E-state index is 12.2. The summed E-state index contributed by atoms with van der Waals surface area (Å²) >= 11 is 0. The zero-order valence-electron chi connectivity index (χ0n) is 12.5. The summed E-state index contributed by atoms with van der Waals surface area (Å²) < 4.78 is 10.2. The number of hydrogen-bond donors (Lipinski definition) is 1. The van der Waals surface area contributed by atoms with Crippen LogP contribution in [-0.4, -0.2) is 37.4 Å². The third-order valence-corrected chi connectivity index (χ3v) is 3.10. The maximum Gasteiger partial charge on any atom is 0.254 e. The zero-order chi connectivity index (χ0) is 15.9. The summed E-state index contributed by atoms with van der Waals surface area (Å²) in [4.78, 5) is 25.4. The summed E-state index contributed by atoms with van der Waals surface area (Å²) in [5, 5.41) is 2.69. The van der Waals surface area contributed by atoms with Crippen LogP contribution in [-0.2, 0) is 11.3 Å². The number of furan rings is 1. The fourth-order valence-electron chi connectivity index (χ4n) is 1.90. The monoisotopic (exact) mass is 302 g/mol. The molecule has 116 valence electrons. The van der Waals surface area contributed by atoms with Crippen LogP contribution in [0.25, 0.3) is 0 Å². The summed E-state index contributed by atoms with van der Waals surface area (Å²) in [5.41, 5.74) is 0.502. The number of ether oxygens (including phenoxy) is 1. The van der Waals surface area contributed by atoms with E-state index in [1.54, 1.807) is 56.8 Å². The molecule has 6 heteroatoms. The summed E-state index contributed by atoms with van der Waals surface area (Å²) in [5.74, 6) is 0.865. The highest BCUT2D eigenvalue weighted by molar-refractivity contribution is 5.96. The van der Waals surface area contributed by atoms with Gasteiger partial charge in [-0.1, -0.05) is 0 Å². The Labute approximate surface area is 128 Å². The van der Waals surface area contributed by atoms with Crippen molar-refractivity contribution in [3.8, 4) is 5.75 Å². The lowest BCUT2D eigenvalue weighted by Crippen LogP contribution is -2.38. The molecule has 0 aliphatic heterocycles. The van der Waals surface area contributed by atoms with Gasteiger partial charge in [0.1, 0.15) is 11.5 Å². The Hall–Kier alpha value is -2.76. The van der Waals surface area contributed by atoms with Gasteiger partial charge in [-0.3, -0.25) is 9.59 Å². The van der Waals surface area contributed by atoms with E-state index >= 15 is 0 Å². The number of methoxy groups -OCH3 is 1. The molecule has 0 aliphatic rings. The number of nitrogens with one attached hydrogen (secondary N) is 1. The van der Waals surface area contributed by atoms with Crippen molar-refractivity contribution in [3.05, 3.63) is 54.0 Å². The fourth-order valence-corrected chi connectivity index (χ4v) is 1.90. The van der Waals surface area contributed by atoms with Gasteiger partial charge in [-0.15, -0.1) is 0 Å². The molecule has 1 aromatic carbocycles. The van der Waals surface area contributed by atoms with Crippen molar-refractivity contribution < 1.29 is 18.7 Å². The van der Waals surface area contributed by atoms with Gasteiger partial charge in [-0.25, -0.2) is 0 Å². The van der Waals surface area contributed by atoms with E-state index in [-0.39, 0.29) is 18.4 Å². The second-order valence-electron chi connectivity index (χ2n) is 4.75. The van der Waals surface area contributed by atoms with E-state index in [1.165, 1.54) is 4.90 Å². The summed E-state index contributed by atoms with van der Waals surface area (Å²) in [6.45, 7) is 0.280. The van der Waals surface area contributed by atoms with Gasteiger partial charge in [-0.05, 0) is 36.4 Å². The van der Waals surface area contributed by atoms with E-state index in [0.717, 1.165) is 0 Å². The van der Waals surface area contributed by atoms with Crippen LogP contribution in [0.5, 0.6) is 5.75 Å². The molecule has 0 unspecified atom stereocenters. The second-order valence-corrected chi connectivity index (χ2v) is 4.75. The number of hydrogen-bond acceptors (Lipinski definition) is 4. The molecule has 1 N–H and O–H groups in total. The quantitative estimate of drug-likeness (QED) is 0.881. The van der Waals surface area contributed by atoms with Crippen LogP contribution >= 0.6 is 0 Å². The SMILES string of the molecule is COc1ccc(C(=O)N(C)CC(=O)NCc2ccco2)cc1. The molecule has 2 rings (SSSR count). The average molecular weight is 302 g/mol. The molecule has 2 aromatic rings. The van der Waals surface area contributed by atoms with Gasteiger partial charge in [0.05, 0.1) is 26.5 Å². The van der Waals surface area contributed by atoms with Crippen LogP contribution in [0.1, 0.15) is 16.1 Å². The van der Waals surface area contributed by atoms with Gasteiger partial charge >= 0.3 is 0 Å². The molecule has 0 atom stereocenters. The molecule has 0 bridgehead atoms. The Balaban J connectivity index is 1.85. The topological polar surface area (TPSA) is 71.8 Å². The highest BCUT2D eigenvalue weighted by Gasteiger charge is 2.15. The first kappa shape index (κ1) is 15.6.